The fourth-order valence-electron chi connectivity index (χ4n) is 1.64. The molecule has 0 amide bonds. The van der Waals surface area contributed by atoms with Gasteiger partial charge in [-0.3, -0.25) is 0 Å². The van der Waals surface area contributed by atoms with E-state index in [9.17, 15) is 9.18 Å². The van der Waals surface area contributed by atoms with Gasteiger partial charge in [-0.1, -0.05) is 11.6 Å². The van der Waals surface area contributed by atoms with Crippen LogP contribution in [0.25, 0.3) is 0 Å². The largest absolute Gasteiger partial charge is 0.478 e. The quantitative estimate of drug-likeness (QED) is 0.847. The third-order valence-corrected chi connectivity index (χ3v) is 2.86. The topological polar surface area (TPSA) is 96.3 Å². The van der Waals surface area contributed by atoms with E-state index in [-0.39, 0.29) is 33.3 Å². The van der Waals surface area contributed by atoms with Gasteiger partial charge in [0, 0.05) is 11.8 Å². The molecule has 0 bridgehead atoms. The summed E-state index contributed by atoms with van der Waals surface area (Å²) in [5, 5.41) is 17.7. The van der Waals surface area contributed by atoms with Crippen LogP contribution >= 0.6 is 11.6 Å². The summed E-state index contributed by atoms with van der Waals surface area (Å²) >= 11 is 5.91. The fraction of sp³-hybridized carbons (Fsp3) is 0. The third kappa shape index (κ3) is 3.04. The van der Waals surface area contributed by atoms with E-state index in [4.69, 9.17) is 32.4 Å². The van der Waals surface area contributed by atoms with Gasteiger partial charge < -0.3 is 15.6 Å². The highest BCUT2D eigenvalue weighted by Crippen LogP contribution is 2.35. The van der Waals surface area contributed by atoms with Crippen molar-refractivity contribution in [3.05, 3.63) is 52.3 Å². The minimum absolute atomic E-state index is 0.0145. The Morgan fingerprint density at radius 2 is 2.10 bits per heavy atom. The lowest BCUT2D eigenvalue weighted by molar-refractivity contribution is 0.0694. The van der Waals surface area contributed by atoms with Crippen LogP contribution in [0.2, 0.25) is 5.02 Å². The summed E-state index contributed by atoms with van der Waals surface area (Å²) in [7, 11) is 0. The molecule has 0 saturated carbocycles. The molecule has 2 rings (SSSR count). The summed E-state index contributed by atoms with van der Waals surface area (Å²) in [6, 6.07) is 7.70. The Morgan fingerprint density at radius 1 is 1.38 bits per heavy atom. The zero-order valence-corrected chi connectivity index (χ0v) is 11.2. The van der Waals surface area contributed by atoms with Crippen LogP contribution in [0.5, 0.6) is 11.5 Å². The minimum atomic E-state index is -1.28. The van der Waals surface area contributed by atoms with Crippen molar-refractivity contribution in [1.82, 2.24) is 0 Å². The van der Waals surface area contributed by atoms with Crippen molar-refractivity contribution in [3.63, 3.8) is 0 Å². The molecule has 0 spiro atoms. The highest BCUT2D eigenvalue weighted by Gasteiger charge is 2.17. The van der Waals surface area contributed by atoms with E-state index in [2.05, 4.69) is 0 Å². The van der Waals surface area contributed by atoms with Gasteiger partial charge in [0.1, 0.15) is 23.2 Å². The molecule has 0 heterocycles. The Hall–Kier alpha value is -2.78. The number of carbonyl (C=O) groups is 1. The molecule has 0 atom stereocenters. The summed E-state index contributed by atoms with van der Waals surface area (Å²) in [6.45, 7) is 0. The first-order valence-corrected chi connectivity index (χ1v) is 6.00. The number of anilines is 1. The number of nitriles is 1. The van der Waals surface area contributed by atoms with Crippen molar-refractivity contribution in [1.29, 1.82) is 5.26 Å². The number of benzene rings is 2. The van der Waals surface area contributed by atoms with E-state index in [1.165, 1.54) is 24.3 Å². The Balaban J connectivity index is 2.47. The lowest BCUT2D eigenvalue weighted by Crippen LogP contribution is -2.02. The van der Waals surface area contributed by atoms with Crippen LogP contribution in [0.15, 0.2) is 30.3 Å². The van der Waals surface area contributed by atoms with Crippen LogP contribution in [0.4, 0.5) is 10.1 Å². The van der Waals surface area contributed by atoms with Crippen molar-refractivity contribution in [2.45, 2.75) is 0 Å². The van der Waals surface area contributed by atoms with Crippen LogP contribution in [0, 0.1) is 17.1 Å². The number of ether oxygens (including phenoxy) is 1. The number of hydrogen-bond donors (Lipinski definition) is 2. The van der Waals surface area contributed by atoms with Crippen molar-refractivity contribution in [2.75, 3.05) is 5.73 Å². The van der Waals surface area contributed by atoms with E-state index in [0.717, 1.165) is 6.07 Å². The third-order valence-electron chi connectivity index (χ3n) is 2.58. The fourth-order valence-corrected chi connectivity index (χ4v) is 1.91. The van der Waals surface area contributed by atoms with Crippen molar-refractivity contribution in [3.8, 4) is 17.6 Å². The first-order valence-electron chi connectivity index (χ1n) is 5.62. The Kier molecular flexibility index (Phi) is 3.96. The molecule has 0 fully saturated rings. The molecule has 0 aliphatic rings. The molecule has 106 valence electrons. The molecule has 2 aromatic carbocycles. The van der Waals surface area contributed by atoms with Crippen LogP contribution in [-0.4, -0.2) is 11.1 Å². The smallest absolute Gasteiger partial charge is 0.339 e. The molecule has 21 heavy (non-hydrogen) atoms. The molecule has 7 heteroatoms. The van der Waals surface area contributed by atoms with Gasteiger partial charge in [-0.25, -0.2) is 9.18 Å². The molecule has 0 radical (unpaired) electrons. The van der Waals surface area contributed by atoms with Crippen molar-refractivity contribution in [2.24, 2.45) is 0 Å². The number of rotatable bonds is 3. The van der Waals surface area contributed by atoms with Crippen LogP contribution < -0.4 is 10.5 Å². The summed E-state index contributed by atoms with van der Waals surface area (Å²) in [6.07, 6.45) is 0. The molecule has 0 aliphatic carbocycles. The maximum absolute atomic E-state index is 13.5. The zero-order chi connectivity index (χ0) is 15.6. The summed E-state index contributed by atoms with van der Waals surface area (Å²) in [4.78, 5) is 11.2. The average Bonchev–Trinajstić information content (AvgIpc) is 2.41. The SMILES string of the molecule is N#Cc1ccc(Oc2c(Cl)cc(N)cc2C(=O)O)cc1F. The molecule has 5 nitrogen and oxygen atoms in total. The van der Waals surface area contributed by atoms with E-state index in [1.807, 2.05) is 0 Å². The lowest BCUT2D eigenvalue weighted by Gasteiger charge is -2.11. The maximum Gasteiger partial charge on any atom is 0.339 e. The number of carboxylic acid groups (broad SMARTS) is 1. The Labute approximate surface area is 123 Å². The van der Waals surface area contributed by atoms with Gasteiger partial charge in [0.15, 0.2) is 5.75 Å². The first kappa shape index (κ1) is 14.6. The van der Waals surface area contributed by atoms with Crippen molar-refractivity contribution >= 4 is 23.3 Å². The van der Waals surface area contributed by atoms with Gasteiger partial charge in [-0.05, 0) is 24.3 Å². The number of nitrogens with zero attached hydrogens (tertiary/aromatic N) is 1. The van der Waals surface area contributed by atoms with Crippen LogP contribution in [0.1, 0.15) is 15.9 Å². The molecule has 0 aromatic heterocycles. The number of aromatic carboxylic acids is 1. The molecule has 3 N–H and O–H groups in total. The highest BCUT2D eigenvalue weighted by molar-refractivity contribution is 6.33. The monoisotopic (exact) mass is 306 g/mol. The standard InChI is InChI=1S/C14H8ClFN2O3/c15-11-4-8(18)3-10(14(19)20)13(11)21-9-2-1-7(6-17)12(16)5-9/h1-5H,18H2,(H,19,20). The van der Waals surface area contributed by atoms with E-state index in [0.29, 0.717) is 0 Å². The Morgan fingerprint density at radius 3 is 2.67 bits per heavy atom. The maximum atomic E-state index is 13.5. The average molecular weight is 307 g/mol. The van der Waals surface area contributed by atoms with E-state index in [1.54, 1.807) is 6.07 Å². The van der Waals surface area contributed by atoms with Gasteiger partial charge in [0.05, 0.1) is 10.6 Å². The second-order valence-electron chi connectivity index (χ2n) is 4.04. The second kappa shape index (κ2) is 5.69. The lowest BCUT2D eigenvalue weighted by atomic mass is 10.1. The van der Waals surface area contributed by atoms with Gasteiger partial charge in [-0.2, -0.15) is 5.26 Å². The van der Waals surface area contributed by atoms with Crippen LogP contribution in [0.3, 0.4) is 0 Å². The van der Waals surface area contributed by atoms with Crippen LogP contribution in [-0.2, 0) is 0 Å². The number of carboxylic acids is 1. The molecular weight excluding hydrogens is 299 g/mol. The van der Waals surface area contributed by atoms with Gasteiger partial charge in [-0.15, -0.1) is 0 Å². The van der Waals surface area contributed by atoms with E-state index >= 15 is 0 Å². The van der Waals surface area contributed by atoms with Gasteiger partial charge in [0.25, 0.3) is 0 Å². The van der Waals surface area contributed by atoms with Crippen molar-refractivity contribution < 1.29 is 19.0 Å². The molecule has 2 aromatic rings. The highest BCUT2D eigenvalue weighted by atomic mass is 35.5. The number of hydrogen-bond acceptors (Lipinski definition) is 4. The molecule has 0 unspecified atom stereocenters. The number of nitrogens with two attached hydrogens (primary N) is 1. The molecular formula is C14H8ClFN2O3. The summed E-state index contributed by atoms with van der Waals surface area (Å²) < 4.78 is 18.8. The zero-order valence-electron chi connectivity index (χ0n) is 10.4. The minimum Gasteiger partial charge on any atom is -0.478 e. The summed E-state index contributed by atoms with van der Waals surface area (Å²) in [5.41, 5.74) is 5.29. The first-order chi connectivity index (χ1) is 9.92. The molecule has 0 saturated heterocycles. The molecule has 0 aliphatic heterocycles. The van der Waals surface area contributed by atoms with Gasteiger partial charge in [0.2, 0.25) is 0 Å². The predicted octanol–water partition coefficient (Wildman–Crippen LogP) is 3.42. The number of halogens is 2. The second-order valence-corrected chi connectivity index (χ2v) is 4.45. The summed E-state index contributed by atoms with van der Waals surface area (Å²) in [5.74, 6) is -2.20. The Bertz CT molecular complexity index is 772. The predicted molar refractivity (Wildman–Crippen MR) is 74.0 cm³/mol. The number of nitrogen functional groups attached to an aromatic ring is 1. The normalized spacial score (nSPS) is 9.95. The van der Waals surface area contributed by atoms with Gasteiger partial charge >= 0.3 is 5.97 Å². The van der Waals surface area contributed by atoms with E-state index < -0.39 is 11.8 Å².